The number of hydrogen-bond acceptors (Lipinski definition) is 2. The van der Waals surface area contributed by atoms with Crippen LogP contribution in [-0.4, -0.2) is 9.61 Å². The number of nitrogens with two attached hydrogens (primary N) is 1. The molecular formula is C15H12F3N3. The van der Waals surface area contributed by atoms with E-state index in [2.05, 4.69) is 5.10 Å². The van der Waals surface area contributed by atoms with Gasteiger partial charge in [0.15, 0.2) is 0 Å². The summed E-state index contributed by atoms with van der Waals surface area (Å²) in [7, 11) is 0. The molecule has 1 atom stereocenters. The summed E-state index contributed by atoms with van der Waals surface area (Å²) in [6, 6.07) is 9.89. The van der Waals surface area contributed by atoms with E-state index >= 15 is 0 Å². The molecule has 0 aliphatic heterocycles. The molecule has 2 heterocycles. The number of nitrogens with zero attached hydrogens (tertiary/aromatic N) is 2. The van der Waals surface area contributed by atoms with Crippen molar-refractivity contribution in [1.29, 1.82) is 0 Å². The van der Waals surface area contributed by atoms with E-state index in [9.17, 15) is 13.2 Å². The normalized spacial score (nSPS) is 13.5. The van der Waals surface area contributed by atoms with Gasteiger partial charge in [-0.25, -0.2) is 4.52 Å². The van der Waals surface area contributed by atoms with Crippen LogP contribution in [0.4, 0.5) is 13.2 Å². The lowest BCUT2D eigenvalue weighted by molar-refractivity contribution is -0.137. The molecule has 0 saturated heterocycles. The number of aromatic nitrogens is 2. The predicted molar refractivity (Wildman–Crippen MR) is 72.7 cm³/mol. The van der Waals surface area contributed by atoms with E-state index in [4.69, 9.17) is 5.73 Å². The molecule has 0 aliphatic carbocycles. The van der Waals surface area contributed by atoms with Crippen LogP contribution in [0.2, 0.25) is 0 Å². The Balaban J connectivity index is 2.04. The summed E-state index contributed by atoms with van der Waals surface area (Å²) in [5.41, 5.74) is 7.29. The maximum absolute atomic E-state index is 12.8. The van der Waals surface area contributed by atoms with Gasteiger partial charge in [0.1, 0.15) is 0 Å². The number of fused-ring (bicyclic) bond motifs is 1. The standard InChI is InChI=1S/C15H12F3N3/c16-15(17,18)11-5-3-4-10(8-11)14(19)12-9-20-21-7-2-1-6-13(12)21/h1-9,14H,19H2. The smallest absolute Gasteiger partial charge is 0.320 e. The zero-order valence-electron chi connectivity index (χ0n) is 10.9. The third-order valence-corrected chi connectivity index (χ3v) is 3.36. The van der Waals surface area contributed by atoms with Crippen LogP contribution in [0.5, 0.6) is 0 Å². The third kappa shape index (κ3) is 2.50. The van der Waals surface area contributed by atoms with Crippen molar-refractivity contribution in [3.05, 3.63) is 71.5 Å². The highest BCUT2D eigenvalue weighted by molar-refractivity contribution is 5.57. The highest BCUT2D eigenvalue weighted by Crippen LogP contribution is 2.32. The maximum atomic E-state index is 12.8. The number of pyridine rings is 1. The quantitative estimate of drug-likeness (QED) is 0.786. The summed E-state index contributed by atoms with van der Waals surface area (Å²) in [6.45, 7) is 0. The topological polar surface area (TPSA) is 43.3 Å². The average Bonchev–Trinajstić information content (AvgIpc) is 2.90. The first-order chi connectivity index (χ1) is 9.97. The zero-order valence-corrected chi connectivity index (χ0v) is 10.9. The van der Waals surface area contributed by atoms with Gasteiger partial charge < -0.3 is 5.73 Å². The first kappa shape index (κ1) is 13.6. The molecule has 2 N–H and O–H groups in total. The van der Waals surface area contributed by atoms with E-state index in [1.807, 2.05) is 18.2 Å². The van der Waals surface area contributed by atoms with Gasteiger partial charge >= 0.3 is 6.18 Å². The van der Waals surface area contributed by atoms with Crippen molar-refractivity contribution in [1.82, 2.24) is 9.61 Å². The lowest BCUT2D eigenvalue weighted by Crippen LogP contribution is -2.13. The van der Waals surface area contributed by atoms with Crippen LogP contribution >= 0.6 is 0 Å². The van der Waals surface area contributed by atoms with Crippen molar-refractivity contribution in [2.75, 3.05) is 0 Å². The van der Waals surface area contributed by atoms with E-state index in [0.717, 1.165) is 17.6 Å². The van der Waals surface area contributed by atoms with Gasteiger partial charge in [-0.15, -0.1) is 0 Å². The Morgan fingerprint density at radius 1 is 1.10 bits per heavy atom. The minimum absolute atomic E-state index is 0.406. The zero-order chi connectivity index (χ0) is 15.0. The monoisotopic (exact) mass is 291 g/mol. The van der Waals surface area contributed by atoms with Crippen LogP contribution in [0.25, 0.3) is 5.52 Å². The van der Waals surface area contributed by atoms with Gasteiger partial charge in [-0.3, -0.25) is 0 Å². The van der Waals surface area contributed by atoms with Crippen molar-refractivity contribution in [3.8, 4) is 0 Å². The molecule has 0 radical (unpaired) electrons. The molecule has 21 heavy (non-hydrogen) atoms. The molecule has 6 heteroatoms. The van der Waals surface area contributed by atoms with E-state index in [-0.39, 0.29) is 0 Å². The van der Waals surface area contributed by atoms with Crippen molar-refractivity contribution in [2.45, 2.75) is 12.2 Å². The molecule has 3 nitrogen and oxygen atoms in total. The maximum Gasteiger partial charge on any atom is 0.416 e. The van der Waals surface area contributed by atoms with E-state index in [0.29, 0.717) is 11.1 Å². The highest BCUT2D eigenvalue weighted by Gasteiger charge is 2.31. The van der Waals surface area contributed by atoms with Crippen LogP contribution in [0.1, 0.15) is 22.7 Å². The van der Waals surface area contributed by atoms with Gasteiger partial charge in [-0.2, -0.15) is 18.3 Å². The van der Waals surface area contributed by atoms with E-state index < -0.39 is 17.8 Å². The molecule has 0 bridgehead atoms. The lowest BCUT2D eigenvalue weighted by atomic mass is 9.99. The summed E-state index contributed by atoms with van der Waals surface area (Å²) in [5, 5.41) is 4.15. The van der Waals surface area contributed by atoms with Crippen LogP contribution in [0.3, 0.4) is 0 Å². The largest absolute Gasteiger partial charge is 0.416 e. The van der Waals surface area contributed by atoms with Crippen LogP contribution in [-0.2, 0) is 6.18 Å². The van der Waals surface area contributed by atoms with E-state index in [1.165, 1.54) is 6.07 Å². The van der Waals surface area contributed by atoms with Crippen molar-refractivity contribution in [3.63, 3.8) is 0 Å². The van der Waals surface area contributed by atoms with Gasteiger partial charge in [-0.1, -0.05) is 18.2 Å². The second-order valence-corrected chi connectivity index (χ2v) is 4.73. The van der Waals surface area contributed by atoms with Crippen molar-refractivity contribution in [2.24, 2.45) is 5.73 Å². The van der Waals surface area contributed by atoms with Crippen molar-refractivity contribution < 1.29 is 13.2 Å². The minimum atomic E-state index is -4.38. The molecule has 0 aliphatic rings. The fourth-order valence-corrected chi connectivity index (χ4v) is 2.28. The number of benzene rings is 1. The summed E-state index contributed by atoms with van der Waals surface area (Å²) >= 11 is 0. The molecule has 1 unspecified atom stereocenters. The number of alkyl halides is 3. The Kier molecular flexibility index (Phi) is 3.17. The van der Waals surface area contributed by atoms with Gasteiger partial charge in [0.2, 0.25) is 0 Å². The second-order valence-electron chi connectivity index (χ2n) is 4.73. The fourth-order valence-electron chi connectivity index (χ4n) is 2.28. The molecular weight excluding hydrogens is 279 g/mol. The highest BCUT2D eigenvalue weighted by atomic mass is 19.4. The van der Waals surface area contributed by atoms with Crippen LogP contribution in [0.15, 0.2) is 54.9 Å². The van der Waals surface area contributed by atoms with Gasteiger partial charge in [0.05, 0.1) is 23.3 Å². The van der Waals surface area contributed by atoms with Crippen molar-refractivity contribution >= 4 is 5.52 Å². The minimum Gasteiger partial charge on any atom is -0.320 e. The van der Waals surface area contributed by atoms with Gasteiger partial charge in [0.25, 0.3) is 0 Å². The summed E-state index contributed by atoms with van der Waals surface area (Å²) in [5.74, 6) is 0. The molecule has 3 rings (SSSR count). The van der Waals surface area contributed by atoms with E-state index in [1.54, 1.807) is 23.0 Å². The molecule has 0 amide bonds. The molecule has 0 saturated carbocycles. The Bertz CT molecular complexity index is 777. The molecule has 0 fully saturated rings. The van der Waals surface area contributed by atoms with Gasteiger partial charge in [0, 0.05) is 11.8 Å². The molecule has 0 spiro atoms. The Labute approximate surface area is 118 Å². The number of hydrogen-bond donors (Lipinski definition) is 1. The third-order valence-electron chi connectivity index (χ3n) is 3.36. The summed E-state index contributed by atoms with van der Waals surface area (Å²) in [4.78, 5) is 0. The Hall–Kier alpha value is -2.34. The predicted octanol–water partition coefficient (Wildman–Crippen LogP) is 3.40. The lowest BCUT2D eigenvalue weighted by Gasteiger charge is -2.14. The second kappa shape index (κ2) is 4.89. The number of rotatable bonds is 2. The van der Waals surface area contributed by atoms with Gasteiger partial charge in [-0.05, 0) is 29.8 Å². The molecule has 108 valence electrons. The molecule has 2 aromatic heterocycles. The first-order valence-electron chi connectivity index (χ1n) is 6.32. The number of halogens is 3. The Morgan fingerprint density at radius 3 is 2.67 bits per heavy atom. The molecule has 3 aromatic rings. The SMILES string of the molecule is NC(c1cccc(C(F)(F)F)c1)c1cnn2ccccc12. The first-order valence-corrected chi connectivity index (χ1v) is 6.32. The average molecular weight is 291 g/mol. The summed E-state index contributed by atoms with van der Waals surface area (Å²) in [6.07, 6.45) is -1.03. The van der Waals surface area contributed by atoms with Crippen LogP contribution in [0, 0.1) is 0 Å². The summed E-state index contributed by atoms with van der Waals surface area (Å²) < 4.78 is 40.0. The fraction of sp³-hybridized carbons (Fsp3) is 0.133. The molecule has 1 aromatic carbocycles. The van der Waals surface area contributed by atoms with Crippen LogP contribution < -0.4 is 5.73 Å². The Morgan fingerprint density at radius 2 is 1.90 bits per heavy atom.